The van der Waals surface area contributed by atoms with E-state index in [1.807, 2.05) is 6.07 Å². The molecule has 2 aliphatic rings. The van der Waals surface area contributed by atoms with Crippen LogP contribution in [0.3, 0.4) is 0 Å². The Kier molecular flexibility index (Phi) is 13.8. The number of fused-ring (bicyclic) bond motifs is 1. The Morgan fingerprint density at radius 3 is 2.11 bits per heavy atom. The van der Waals surface area contributed by atoms with Crippen LogP contribution in [0, 0.1) is 5.41 Å². The summed E-state index contributed by atoms with van der Waals surface area (Å²) < 4.78 is 25.8. The van der Waals surface area contributed by atoms with E-state index in [4.69, 9.17) is 15.9 Å². The zero-order valence-corrected chi connectivity index (χ0v) is 30.8. The maximum Gasteiger partial charge on any atom is 0.310 e. The lowest BCUT2D eigenvalue weighted by Crippen LogP contribution is -2.37. The van der Waals surface area contributed by atoms with Crippen LogP contribution in [0.4, 0.5) is 5.82 Å². The number of rotatable bonds is 9. The summed E-state index contributed by atoms with van der Waals surface area (Å²) in [5, 5.41) is 30.5. The molecule has 284 valence electrons. The molecule has 6 N–H and O–H groups in total. The average molecular weight is 757 g/mol. The van der Waals surface area contributed by atoms with E-state index in [1.54, 1.807) is 85.8 Å². The number of sulfonamides is 1. The van der Waals surface area contributed by atoms with Crippen molar-refractivity contribution in [2.45, 2.75) is 56.3 Å². The van der Waals surface area contributed by atoms with Gasteiger partial charge in [0.05, 0.1) is 17.2 Å². The number of anilines is 1. The summed E-state index contributed by atoms with van der Waals surface area (Å²) >= 11 is 0. The molecule has 2 heterocycles. The summed E-state index contributed by atoms with van der Waals surface area (Å²) in [6.45, 7) is 2.13. The summed E-state index contributed by atoms with van der Waals surface area (Å²) in [6, 6.07) is 26.6. The van der Waals surface area contributed by atoms with Gasteiger partial charge in [0.1, 0.15) is 5.82 Å². The molecule has 1 saturated carbocycles. The molecule has 1 fully saturated rings. The number of carbonyl (C=O) groups is 4. The van der Waals surface area contributed by atoms with Crippen molar-refractivity contribution in [3.63, 3.8) is 0 Å². The Balaban J connectivity index is 0.000000190. The highest BCUT2D eigenvalue weighted by Crippen LogP contribution is 2.38. The molecule has 0 radical (unpaired) electrons. The van der Waals surface area contributed by atoms with Crippen molar-refractivity contribution in [2.75, 3.05) is 18.9 Å². The van der Waals surface area contributed by atoms with Gasteiger partial charge in [-0.1, -0.05) is 86.0 Å². The molecule has 0 bridgehead atoms. The second-order valence-corrected chi connectivity index (χ2v) is 15.0. The van der Waals surface area contributed by atoms with E-state index >= 15 is 0 Å². The predicted molar refractivity (Wildman–Crippen MR) is 203 cm³/mol. The zero-order chi connectivity index (χ0) is 39.5. The minimum absolute atomic E-state index is 0.0469. The van der Waals surface area contributed by atoms with Crippen molar-refractivity contribution in [2.24, 2.45) is 11.1 Å². The predicted octanol–water partition coefficient (Wildman–Crippen LogP) is 6.06. The number of ketones is 1. The quantitative estimate of drug-likeness (QED) is 0.124. The van der Waals surface area contributed by atoms with Crippen molar-refractivity contribution in [3.8, 4) is 0 Å². The lowest BCUT2D eigenvalue weighted by Gasteiger charge is -2.34. The van der Waals surface area contributed by atoms with Gasteiger partial charge in [-0.2, -0.15) is 0 Å². The summed E-state index contributed by atoms with van der Waals surface area (Å²) in [7, 11) is -2.69. The third-order valence-electron chi connectivity index (χ3n) is 9.37. The molecule has 1 unspecified atom stereocenters. The molecule has 54 heavy (non-hydrogen) atoms. The molecule has 6 rings (SSSR count). The fraction of sp³-hybridized carbons (Fsp3) is 0.275. The fourth-order valence-electron chi connectivity index (χ4n) is 6.22. The van der Waals surface area contributed by atoms with Crippen LogP contribution in [0.25, 0.3) is 5.76 Å². The van der Waals surface area contributed by atoms with Gasteiger partial charge >= 0.3 is 11.9 Å². The smallest absolute Gasteiger partial charge is 0.310 e. The number of likely N-dealkylation sites (N-methyl/N-ethyl adjacent to an activating group) is 1. The maximum absolute atomic E-state index is 12.5. The Morgan fingerprint density at radius 1 is 0.870 bits per heavy atom. The number of benzene rings is 3. The molecular formula is C40H44N4O9S. The summed E-state index contributed by atoms with van der Waals surface area (Å²) in [6.07, 6.45) is 7.26. The number of carbonyl (C=O) groups excluding carboxylic acids is 2. The Morgan fingerprint density at radius 2 is 1.50 bits per heavy atom. The molecule has 14 heteroatoms. The molecule has 3 aromatic carbocycles. The van der Waals surface area contributed by atoms with Gasteiger partial charge < -0.3 is 26.4 Å². The number of nitrogens with two attached hydrogens (primary N) is 1. The lowest BCUT2D eigenvalue weighted by molar-refractivity contribution is -0.140. The summed E-state index contributed by atoms with van der Waals surface area (Å²) in [4.78, 5) is 50.1. The van der Waals surface area contributed by atoms with Crippen LogP contribution >= 0.6 is 0 Å². The number of pyridine rings is 1. The normalized spacial score (nSPS) is 15.9. The van der Waals surface area contributed by atoms with E-state index in [0.29, 0.717) is 23.2 Å². The van der Waals surface area contributed by atoms with Crippen LogP contribution in [0.15, 0.2) is 114 Å². The third-order valence-corrected chi connectivity index (χ3v) is 11.2. The molecule has 1 aliphatic heterocycles. The van der Waals surface area contributed by atoms with Gasteiger partial charge in [0.25, 0.3) is 15.9 Å². The van der Waals surface area contributed by atoms with E-state index in [9.17, 15) is 32.7 Å². The second kappa shape index (κ2) is 18.3. The highest BCUT2D eigenvalue weighted by atomic mass is 32.2. The number of aromatic nitrogens is 1. The highest BCUT2D eigenvalue weighted by molar-refractivity contribution is 7.89. The number of aliphatic carboxylic acids is 2. The van der Waals surface area contributed by atoms with E-state index in [2.05, 4.69) is 10.3 Å². The highest BCUT2D eigenvalue weighted by Gasteiger charge is 2.38. The van der Waals surface area contributed by atoms with Gasteiger partial charge in [-0.05, 0) is 67.6 Å². The van der Waals surface area contributed by atoms with E-state index in [-0.39, 0.29) is 39.6 Å². The van der Waals surface area contributed by atoms with E-state index < -0.39 is 39.5 Å². The van der Waals surface area contributed by atoms with Crippen molar-refractivity contribution < 1.29 is 42.9 Å². The topological polar surface area (TPSA) is 217 Å². The standard InChI is InChI=1S/C16H14O3.C15H13N3O4S.C9H17NO2/c1-11(16(18)19)13-8-5-9-14(10-13)15(17)12-6-3-2-4-7-12;1-18-13(15(20)17-12-8-4-5-9-16-12)14(19)10-6-2-3-7-11(10)23(18,21)22;10-7-9(6-8(11)12)4-2-1-3-5-9/h2-11H,1H3,(H,18,19);2-9,19H,1H3,(H,16,17,20);1-7,10H2,(H,11,12). The number of aliphatic hydroxyl groups excluding tert-OH is 1. The molecule has 1 atom stereocenters. The molecule has 1 aromatic heterocycles. The maximum atomic E-state index is 12.5. The number of carboxylic acids is 2. The lowest BCUT2D eigenvalue weighted by atomic mass is 9.72. The van der Waals surface area contributed by atoms with Crippen molar-refractivity contribution in [1.82, 2.24) is 9.29 Å². The number of carboxylic acid groups (broad SMARTS) is 2. The SMILES string of the molecule is CC(C(=O)O)c1cccc(C(=O)c2ccccc2)c1.CN1C(C(=O)Nc2ccccn2)=C(O)c2ccccc2S1(=O)=O.NCC1(CC(=O)O)CCCCC1. The first kappa shape index (κ1) is 40.9. The van der Waals surface area contributed by atoms with Crippen LogP contribution < -0.4 is 11.1 Å². The zero-order valence-electron chi connectivity index (χ0n) is 30.0. The summed E-state index contributed by atoms with van der Waals surface area (Å²) in [5.41, 5.74) is 7.03. The number of nitrogens with one attached hydrogen (secondary N) is 1. The third kappa shape index (κ3) is 9.96. The largest absolute Gasteiger partial charge is 0.505 e. The van der Waals surface area contributed by atoms with Gasteiger partial charge in [-0.3, -0.25) is 23.5 Å². The number of hydrogen-bond donors (Lipinski definition) is 5. The van der Waals surface area contributed by atoms with E-state index in [0.717, 1.165) is 30.0 Å². The van der Waals surface area contributed by atoms with Gasteiger partial charge in [0.15, 0.2) is 17.2 Å². The van der Waals surface area contributed by atoms with E-state index in [1.165, 1.54) is 31.8 Å². The molecule has 13 nitrogen and oxygen atoms in total. The minimum atomic E-state index is -3.91. The van der Waals surface area contributed by atoms with Gasteiger partial charge in [0, 0.05) is 29.9 Å². The van der Waals surface area contributed by atoms with Gasteiger partial charge in [0.2, 0.25) is 0 Å². The first-order chi connectivity index (χ1) is 25.7. The van der Waals surface area contributed by atoms with Crippen molar-refractivity contribution >= 4 is 45.2 Å². The number of amides is 1. The molecule has 1 aliphatic carbocycles. The summed E-state index contributed by atoms with van der Waals surface area (Å²) in [5.74, 6) is -3.23. The monoisotopic (exact) mass is 756 g/mol. The van der Waals surface area contributed by atoms with Crippen LogP contribution in [-0.2, 0) is 24.4 Å². The van der Waals surface area contributed by atoms with Crippen molar-refractivity contribution in [3.05, 3.63) is 131 Å². The van der Waals surface area contributed by atoms with Crippen LogP contribution in [0.2, 0.25) is 0 Å². The van der Waals surface area contributed by atoms with Gasteiger partial charge in [-0.15, -0.1) is 0 Å². The van der Waals surface area contributed by atoms with Crippen molar-refractivity contribution in [1.29, 1.82) is 0 Å². The minimum Gasteiger partial charge on any atom is -0.505 e. The molecule has 0 spiro atoms. The Hall–Kier alpha value is -5.86. The first-order valence-corrected chi connectivity index (χ1v) is 18.7. The van der Waals surface area contributed by atoms with Crippen LogP contribution in [0.1, 0.15) is 78.4 Å². The molecule has 1 amide bonds. The van der Waals surface area contributed by atoms with Crippen LogP contribution in [-0.4, -0.2) is 70.2 Å². The number of hydrogen-bond acceptors (Lipinski definition) is 9. The van der Waals surface area contributed by atoms with Gasteiger partial charge in [-0.25, -0.2) is 13.4 Å². The average Bonchev–Trinajstić information content (AvgIpc) is 3.18. The Labute approximate surface area is 314 Å². The van der Waals surface area contributed by atoms with Crippen LogP contribution in [0.5, 0.6) is 0 Å². The molecular weight excluding hydrogens is 713 g/mol. The first-order valence-electron chi connectivity index (χ1n) is 17.3. The number of aliphatic hydroxyl groups is 1. The molecule has 4 aromatic rings. The fourth-order valence-corrected chi connectivity index (χ4v) is 7.62. The molecule has 0 saturated heterocycles. The Bertz CT molecular complexity index is 2100. The second-order valence-electron chi connectivity index (χ2n) is 13.1. The number of nitrogens with zero attached hydrogens (tertiary/aromatic N) is 2.